The molecule has 0 aromatic carbocycles. The predicted octanol–water partition coefficient (Wildman–Crippen LogP) is 2.98. The van der Waals surface area contributed by atoms with Crippen molar-refractivity contribution in [1.82, 2.24) is 0 Å². The first-order valence-corrected chi connectivity index (χ1v) is 4.31. The van der Waals surface area contributed by atoms with E-state index in [1.807, 2.05) is 0 Å². The highest BCUT2D eigenvalue weighted by atomic mass is 33.1. The highest BCUT2D eigenvalue weighted by molar-refractivity contribution is 8.82. The minimum atomic E-state index is -5.22. The molecule has 0 fully saturated rings. The molecule has 0 aliphatic heterocycles. The van der Waals surface area contributed by atoms with Gasteiger partial charge in [-0.3, -0.25) is 4.79 Å². The Morgan fingerprint density at radius 2 is 1.42 bits per heavy atom. The van der Waals surface area contributed by atoms with Gasteiger partial charge in [0.1, 0.15) is 0 Å². The molecule has 0 radical (unpaired) electrons. The van der Waals surface area contributed by atoms with E-state index >= 15 is 0 Å². The van der Waals surface area contributed by atoms with Gasteiger partial charge >= 0.3 is 16.8 Å². The van der Waals surface area contributed by atoms with Gasteiger partial charge in [0, 0.05) is 10.8 Å². The van der Waals surface area contributed by atoms with Crippen molar-refractivity contribution in [3.8, 4) is 0 Å². The van der Waals surface area contributed by atoms with Gasteiger partial charge in [-0.15, -0.1) is 0 Å². The van der Waals surface area contributed by atoms with Crippen LogP contribution in [0.4, 0.5) is 26.3 Å². The fourth-order valence-corrected chi connectivity index (χ4v) is 1.19. The van der Waals surface area contributed by atoms with Crippen LogP contribution in [0.1, 0.15) is 0 Å². The summed E-state index contributed by atoms with van der Waals surface area (Å²) in [6.07, 6.45) is -5.22. The lowest BCUT2D eigenvalue weighted by Crippen LogP contribution is -2.18. The minimum absolute atomic E-state index is 0.882. The molecule has 12 heavy (non-hydrogen) atoms. The summed E-state index contributed by atoms with van der Waals surface area (Å²) < 4.78 is 67.5. The number of carbonyl (C=O) groups excluding carboxylic acids is 1. The molecular weight excluding hydrogens is 230 g/mol. The van der Waals surface area contributed by atoms with Crippen LogP contribution in [0.3, 0.4) is 0 Å². The molecule has 0 saturated heterocycles. The minimum Gasteiger partial charge on any atom is -0.276 e. The topological polar surface area (TPSA) is 17.1 Å². The van der Waals surface area contributed by atoms with E-state index in [2.05, 4.69) is 0 Å². The summed E-state index contributed by atoms with van der Waals surface area (Å²) in [6.45, 7) is 0. The molecule has 9 heteroatoms. The maximum absolute atomic E-state index is 11.3. The smallest absolute Gasteiger partial charge is 0.276 e. The average molecular weight is 230 g/mol. The van der Waals surface area contributed by atoms with Crippen LogP contribution in [0.25, 0.3) is 0 Å². The number of hydrogen-bond donors (Lipinski definition) is 0. The first-order valence-electron chi connectivity index (χ1n) is 2.16. The van der Waals surface area contributed by atoms with Crippen LogP contribution in [0.5, 0.6) is 0 Å². The quantitative estimate of drug-likeness (QED) is 0.509. The summed E-state index contributed by atoms with van der Waals surface area (Å²) in [5.41, 5.74) is -4.84. The van der Waals surface area contributed by atoms with Gasteiger partial charge in [-0.2, -0.15) is 26.3 Å². The van der Waals surface area contributed by atoms with E-state index < -0.39 is 38.4 Å². The molecule has 0 amide bonds. The maximum atomic E-state index is 11.3. The molecule has 0 heterocycles. The zero-order valence-corrected chi connectivity index (χ0v) is 6.63. The predicted molar refractivity (Wildman–Crippen MR) is 32.3 cm³/mol. The molecule has 0 aliphatic carbocycles. The Labute approximate surface area is 70.3 Å². The summed E-state index contributed by atoms with van der Waals surface area (Å²) in [5, 5.41) is -2.47. The van der Waals surface area contributed by atoms with Crippen LogP contribution in [-0.4, -0.2) is 16.8 Å². The first-order chi connectivity index (χ1) is 5.13. The monoisotopic (exact) mass is 230 g/mol. The van der Waals surface area contributed by atoms with Crippen molar-refractivity contribution >= 4 is 26.7 Å². The van der Waals surface area contributed by atoms with Gasteiger partial charge in [0.15, 0.2) is 0 Å². The van der Waals surface area contributed by atoms with Crippen LogP contribution in [-0.2, 0) is 4.79 Å². The van der Waals surface area contributed by atoms with Crippen molar-refractivity contribution in [1.29, 1.82) is 0 Å². The van der Waals surface area contributed by atoms with Gasteiger partial charge in [-0.1, -0.05) is 0 Å². The SMILES string of the molecule is O=C(SSC(F)(F)F)C(F)(F)F. The number of rotatable bonds is 1. The normalized spacial score (nSPS) is 13.2. The van der Waals surface area contributed by atoms with Crippen LogP contribution in [0, 0.1) is 0 Å². The lowest BCUT2D eigenvalue weighted by Gasteiger charge is -2.05. The second-order valence-electron chi connectivity index (χ2n) is 1.40. The Morgan fingerprint density at radius 3 is 1.67 bits per heavy atom. The van der Waals surface area contributed by atoms with E-state index in [0.29, 0.717) is 0 Å². The van der Waals surface area contributed by atoms with E-state index in [-0.39, 0.29) is 0 Å². The highest BCUT2D eigenvalue weighted by Crippen LogP contribution is 2.42. The maximum Gasteiger partial charge on any atom is 0.461 e. The number of hydrogen-bond acceptors (Lipinski definition) is 3. The fraction of sp³-hybridized carbons (Fsp3) is 0.667. The molecule has 0 aromatic heterocycles. The summed E-state index contributed by atoms with van der Waals surface area (Å²) in [7, 11) is -1.97. The third kappa shape index (κ3) is 5.58. The molecule has 1 nitrogen and oxygen atoms in total. The van der Waals surface area contributed by atoms with Crippen molar-refractivity contribution in [3.05, 3.63) is 0 Å². The largest absolute Gasteiger partial charge is 0.461 e. The van der Waals surface area contributed by atoms with Crippen LogP contribution < -0.4 is 0 Å². The molecule has 0 atom stereocenters. The van der Waals surface area contributed by atoms with Crippen molar-refractivity contribution in [3.63, 3.8) is 0 Å². The molecule has 72 valence electrons. The zero-order valence-electron chi connectivity index (χ0n) is 4.99. The summed E-state index contributed by atoms with van der Waals surface area (Å²) in [6, 6.07) is 0. The third-order valence-corrected chi connectivity index (χ3v) is 2.37. The lowest BCUT2D eigenvalue weighted by atomic mass is 10.8. The van der Waals surface area contributed by atoms with Gasteiger partial charge in [0.25, 0.3) is 0 Å². The van der Waals surface area contributed by atoms with E-state index in [0.717, 1.165) is 0 Å². The number of alkyl halides is 6. The van der Waals surface area contributed by atoms with Gasteiger partial charge in [0.2, 0.25) is 0 Å². The Morgan fingerprint density at radius 1 is 1.00 bits per heavy atom. The summed E-state index contributed by atoms with van der Waals surface area (Å²) >= 11 is 0. The standard InChI is InChI=1S/C3F6OS2/c4-2(5,6)1(10)11-12-3(7,8)9. The number of carbonyl (C=O) groups is 1. The molecule has 0 aliphatic rings. The average Bonchev–Trinajstić information content (AvgIpc) is 1.78. The number of halogens is 6. The molecule has 0 unspecified atom stereocenters. The van der Waals surface area contributed by atoms with Crippen molar-refractivity contribution < 1.29 is 31.1 Å². The second kappa shape index (κ2) is 3.77. The van der Waals surface area contributed by atoms with E-state index in [4.69, 9.17) is 0 Å². The van der Waals surface area contributed by atoms with Gasteiger partial charge in [-0.25, -0.2) is 0 Å². The molecule has 0 N–H and O–H groups in total. The van der Waals surface area contributed by atoms with Crippen LogP contribution in [0.2, 0.25) is 0 Å². The first kappa shape index (κ1) is 11.9. The Bertz CT molecular complexity index is 171. The van der Waals surface area contributed by atoms with E-state index in [1.54, 1.807) is 0 Å². The second-order valence-corrected chi connectivity index (χ2v) is 3.56. The summed E-state index contributed by atoms with van der Waals surface area (Å²) in [5.74, 6) is 0. The van der Waals surface area contributed by atoms with Crippen molar-refractivity contribution in [2.24, 2.45) is 0 Å². The van der Waals surface area contributed by atoms with Gasteiger partial charge in [-0.05, 0) is 10.8 Å². The molecule has 0 aromatic rings. The van der Waals surface area contributed by atoms with Crippen molar-refractivity contribution in [2.75, 3.05) is 0 Å². The third-order valence-electron chi connectivity index (χ3n) is 0.443. The zero-order chi connectivity index (χ0) is 9.99. The van der Waals surface area contributed by atoms with Gasteiger partial charge < -0.3 is 0 Å². The fourth-order valence-electron chi connectivity index (χ4n) is 0.132. The van der Waals surface area contributed by atoms with Crippen LogP contribution in [0.15, 0.2) is 0 Å². The van der Waals surface area contributed by atoms with Crippen LogP contribution >= 0.6 is 21.6 Å². The molecule has 0 spiro atoms. The summed E-state index contributed by atoms with van der Waals surface area (Å²) in [4.78, 5) is 9.83. The Balaban J connectivity index is 3.90. The molecule has 0 rings (SSSR count). The van der Waals surface area contributed by atoms with E-state index in [1.165, 1.54) is 0 Å². The molecular formula is C3F6OS2. The lowest BCUT2D eigenvalue weighted by molar-refractivity contribution is -0.160. The molecule has 0 bridgehead atoms. The molecule has 0 saturated carbocycles. The Hall–Kier alpha value is -0.0500. The Kier molecular flexibility index (Phi) is 3.76. The van der Waals surface area contributed by atoms with Crippen molar-refractivity contribution in [2.45, 2.75) is 11.7 Å². The van der Waals surface area contributed by atoms with E-state index in [9.17, 15) is 31.1 Å². The van der Waals surface area contributed by atoms with Gasteiger partial charge in [0.05, 0.1) is 0 Å². The highest BCUT2D eigenvalue weighted by Gasteiger charge is 2.42.